The Balaban J connectivity index is 1.65. The molecule has 0 bridgehead atoms. The number of nitriles is 1. The average molecular weight is 241 g/mol. The Bertz CT molecular complexity index is 462. The molecule has 1 saturated carbocycles. The Morgan fingerprint density at radius 2 is 1.94 bits per heavy atom. The van der Waals surface area contributed by atoms with Crippen molar-refractivity contribution in [3.63, 3.8) is 0 Å². The van der Waals surface area contributed by atoms with E-state index in [2.05, 4.69) is 40.6 Å². The highest BCUT2D eigenvalue weighted by molar-refractivity contribution is 5.30. The van der Waals surface area contributed by atoms with Crippen LogP contribution in [0.4, 0.5) is 0 Å². The summed E-state index contributed by atoms with van der Waals surface area (Å²) in [6.07, 6.45) is 2.44. The molecule has 1 aliphatic carbocycles. The summed E-state index contributed by atoms with van der Waals surface area (Å²) in [5, 5.41) is 12.9. The summed E-state index contributed by atoms with van der Waals surface area (Å²) in [7, 11) is 0. The van der Waals surface area contributed by atoms with Crippen molar-refractivity contribution in [2.24, 2.45) is 0 Å². The fourth-order valence-corrected chi connectivity index (χ4v) is 2.75. The highest BCUT2D eigenvalue weighted by atomic mass is 15.2. The summed E-state index contributed by atoms with van der Waals surface area (Å²) >= 11 is 0. The summed E-state index contributed by atoms with van der Waals surface area (Å²) in [5.41, 5.74) is 2.40. The number of nitrogens with zero attached hydrogens (tertiary/aromatic N) is 2. The normalized spacial score (nSPS) is 22.2. The van der Waals surface area contributed by atoms with Crippen molar-refractivity contribution >= 4 is 0 Å². The van der Waals surface area contributed by atoms with Crippen LogP contribution in [-0.2, 0) is 13.1 Å². The first-order valence-electron chi connectivity index (χ1n) is 6.67. The summed E-state index contributed by atoms with van der Waals surface area (Å²) in [5.74, 6) is 0. The smallest absolute Gasteiger partial charge is 0.116 e. The van der Waals surface area contributed by atoms with Crippen LogP contribution in [0.5, 0.6) is 0 Å². The second-order valence-corrected chi connectivity index (χ2v) is 5.78. The zero-order chi connectivity index (χ0) is 12.6. The first-order chi connectivity index (χ1) is 8.68. The lowest BCUT2D eigenvalue weighted by Crippen LogP contribution is -2.50. The van der Waals surface area contributed by atoms with Gasteiger partial charge in [-0.1, -0.05) is 24.3 Å². The third kappa shape index (κ3) is 2.40. The molecule has 1 aliphatic heterocycles. The molecule has 3 heteroatoms. The molecule has 0 radical (unpaired) electrons. The Hall–Kier alpha value is -1.37. The van der Waals surface area contributed by atoms with E-state index in [0.29, 0.717) is 6.04 Å². The standard InChI is InChI=1S/C15H19N3/c1-15(10-16,17-14-6-7-14)11-18-8-12-4-2-3-5-13(12)9-18/h2-5,14,17H,6-9,11H2,1H3. The predicted octanol–water partition coefficient (Wildman–Crippen LogP) is 2.04. The molecule has 2 aliphatic rings. The molecular weight excluding hydrogens is 222 g/mol. The molecule has 0 amide bonds. The molecule has 1 unspecified atom stereocenters. The topological polar surface area (TPSA) is 39.1 Å². The van der Waals surface area contributed by atoms with Gasteiger partial charge in [0.05, 0.1) is 6.07 Å². The number of benzene rings is 1. The van der Waals surface area contributed by atoms with Gasteiger partial charge in [-0.3, -0.25) is 10.2 Å². The van der Waals surface area contributed by atoms with Crippen molar-refractivity contribution in [1.29, 1.82) is 5.26 Å². The average Bonchev–Trinajstić information content (AvgIpc) is 3.06. The van der Waals surface area contributed by atoms with Crippen LogP contribution >= 0.6 is 0 Å². The van der Waals surface area contributed by atoms with Gasteiger partial charge in [-0.25, -0.2) is 0 Å². The maximum Gasteiger partial charge on any atom is 0.116 e. The fraction of sp³-hybridized carbons (Fsp3) is 0.533. The number of hydrogen-bond acceptors (Lipinski definition) is 3. The van der Waals surface area contributed by atoms with E-state index in [1.165, 1.54) is 24.0 Å². The maximum atomic E-state index is 9.40. The predicted molar refractivity (Wildman–Crippen MR) is 70.7 cm³/mol. The molecule has 0 saturated heterocycles. The lowest BCUT2D eigenvalue weighted by molar-refractivity contribution is 0.222. The van der Waals surface area contributed by atoms with Gasteiger partial charge >= 0.3 is 0 Å². The lowest BCUT2D eigenvalue weighted by Gasteiger charge is -2.28. The van der Waals surface area contributed by atoms with Gasteiger partial charge < -0.3 is 0 Å². The SMILES string of the molecule is CC(C#N)(CN1Cc2ccccc2C1)NC1CC1. The van der Waals surface area contributed by atoms with Gasteiger partial charge in [0.15, 0.2) is 0 Å². The van der Waals surface area contributed by atoms with Gasteiger partial charge in [0, 0.05) is 25.7 Å². The van der Waals surface area contributed by atoms with Crippen molar-refractivity contribution in [2.75, 3.05) is 6.54 Å². The zero-order valence-corrected chi connectivity index (χ0v) is 10.8. The Labute approximate surface area is 108 Å². The van der Waals surface area contributed by atoms with Crippen LogP contribution in [0.15, 0.2) is 24.3 Å². The van der Waals surface area contributed by atoms with Crippen LogP contribution in [0.3, 0.4) is 0 Å². The minimum Gasteiger partial charge on any atom is -0.296 e. The fourth-order valence-electron chi connectivity index (χ4n) is 2.75. The maximum absolute atomic E-state index is 9.40. The molecule has 0 aromatic heterocycles. The van der Waals surface area contributed by atoms with E-state index in [1.807, 2.05) is 6.92 Å². The number of nitrogens with one attached hydrogen (secondary N) is 1. The first kappa shape index (κ1) is 11.7. The van der Waals surface area contributed by atoms with E-state index in [1.54, 1.807) is 0 Å². The Kier molecular flexibility index (Phi) is 2.85. The summed E-state index contributed by atoms with van der Waals surface area (Å²) in [6, 6.07) is 11.6. The van der Waals surface area contributed by atoms with Crippen molar-refractivity contribution in [2.45, 2.75) is 44.4 Å². The third-order valence-corrected chi connectivity index (χ3v) is 3.79. The van der Waals surface area contributed by atoms with Crippen LogP contribution in [-0.4, -0.2) is 23.0 Å². The molecule has 1 aromatic rings. The minimum absolute atomic E-state index is 0.413. The molecule has 18 heavy (non-hydrogen) atoms. The molecule has 1 atom stereocenters. The van der Waals surface area contributed by atoms with Crippen LogP contribution < -0.4 is 5.32 Å². The monoisotopic (exact) mass is 241 g/mol. The number of rotatable bonds is 4. The van der Waals surface area contributed by atoms with Crippen molar-refractivity contribution in [3.05, 3.63) is 35.4 Å². The summed E-state index contributed by atoms with van der Waals surface area (Å²) in [6.45, 7) is 4.77. The first-order valence-corrected chi connectivity index (χ1v) is 6.67. The van der Waals surface area contributed by atoms with Crippen molar-refractivity contribution in [1.82, 2.24) is 10.2 Å². The van der Waals surface area contributed by atoms with E-state index < -0.39 is 5.54 Å². The summed E-state index contributed by atoms with van der Waals surface area (Å²) < 4.78 is 0. The summed E-state index contributed by atoms with van der Waals surface area (Å²) in [4.78, 5) is 2.36. The molecule has 3 rings (SSSR count). The third-order valence-electron chi connectivity index (χ3n) is 3.79. The van der Waals surface area contributed by atoms with Gasteiger partial charge in [0.25, 0.3) is 0 Å². The van der Waals surface area contributed by atoms with E-state index >= 15 is 0 Å². The van der Waals surface area contributed by atoms with Gasteiger partial charge in [-0.05, 0) is 30.9 Å². The molecular formula is C15H19N3. The number of hydrogen-bond donors (Lipinski definition) is 1. The second-order valence-electron chi connectivity index (χ2n) is 5.78. The highest BCUT2D eigenvalue weighted by Crippen LogP contribution is 2.26. The van der Waals surface area contributed by atoms with Gasteiger partial charge in [0.2, 0.25) is 0 Å². The minimum atomic E-state index is -0.413. The second kappa shape index (κ2) is 4.38. The molecule has 1 N–H and O–H groups in total. The quantitative estimate of drug-likeness (QED) is 0.876. The Morgan fingerprint density at radius 1 is 1.33 bits per heavy atom. The van der Waals surface area contributed by atoms with Crippen LogP contribution in [0.25, 0.3) is 0 Å². The van der Waals surface area contributed by atoms with E-state index in [9.17, 15) is 5.26 Å². The lowest BCUT2D eigenvalue weighted by atomic mass is 10.0. The van der Waals surface area contributed by atoms with Gasteiger partial charge in [-0.15, -0.1) is 0 Å². The van der Waals surface area contributed by atoms with E-state index in [4.69, 9.17) is 0 Å². The van der Waals surface area contributed by atoms with E-state index in [0.717, 1.165) is 19.6 Å². The van der Waals surface area contributed by atoms with Crippen molar-refractivity contribution in [3.8, 4) is 6.07 Å². The van der Waals surface area contributed by atoms with Crippen LogP contribution in [0, 0.1) is 11.3 Å². The molecule has 94 valence electrons. The molecule has 0 spiro atoms. The van der Waals surface area contributed by atoms with Crippen molar-refractivity contribution < 1.29 is 0 Å². The van der Waals surface area contributed by atoms with E-state index in [-0.39, 0.29) is 0 Å². The number of fused-ring (bicyclic) bond motifs is 1. The molecule has 1 aromatic carbocycles. The van der Waals surface area contributed by atoms with Gasteiger partial charge in [0.1, 0.15) is 5.54 Å². The highest BCUT2D eigenvalue weighted by Gasteiger charge is 2.35. The largest absolute Gasteiger partial charge is 0.296 e. The molecule has 3 nitrogen and oxygen atoms in total. The molecule has 1 heterocycles. The molecule has 1 fully saturated rings. The Morgan fingerprint density at radius 3 is 2.44 bits per heavy atom. The zero-order valence-electron chi connectivity index (χ0n) is 10.8. The van der Waals surface area contributed by atoms with Crippen LogP contribution in [0.1, 0.15) is 30.9 Å². The van der Waals surface area contributed by atoms with Gasteiger partial charge in [-0.2, -0.15) is 5.26 Å². The van der Waals surface area contributed by atoms with Crippen LogP contribution in [0.2, 0.25) is 0 Å².